The van der Waals surface area contributed by atoms with Gasteiger partial charge in [0.05, 0.1) is 22.4 Å². The average Bonchev–Trinajstić information content (AvgIpc) is 1.56. The Morgan fingerprint density at radius 2 is 0.669 bits per heavy atom. The molecule has 28 aromatic rings. The van der Waals surface area contributed by atoms with Gasteiger partial charge in [-0.05, 0) is 250 Å². The van der Waals surface area contributed by atoms with E-state index in [1.807, 2.05) is 23.5 Å². The number of furan rings is 2. The monoisotopic (exact) mass is 1750 g/mol. The van der Waals surface area contributed by atoms with E-state index in [1.165, 1.54) is 239 Å². The van der Waals surface area contributed by atoms with E-state index in [9.17, 15) is 0 Å². The molecule has 0 unspecified atom stereocenters. The smallest absolute Gasteiger partial charge is 0.160 e. The molecular weight excluding hydrogens is 1670 g/mol. The van der Waals surface area contributed by atoms with Gasteiger partial charge in [0.1, 0.15) is 22.3 Å². The molecule has 0 saturated heterocycles. The molecule has 4 aliphatic carbocycles. The molecule has 5 aromatic heterocycles. The Balaban J connectivity index is 0.0000000920. The molecule has 32 rings (SSSR count). The van der Waals surface area contributed by atoms with Gasteiger partial charge in [0.15, 0.2) is 5.82 Å². The summed E-state index contributed by atoms with van der Waals surface area (Å²) >= 11 is 1.97. The molecule has 136 heavy (non-hydrogen) atoms. The van der Waals surface area contributed by atoms with Crippen LogP contribution >= 0.6 is 11.3 Å². The van der Waals surface area contributed by atoms with E-state index in [2.05, 4.69) is 423 Å². The Kier molecular flexibility index (Phi) is 17.0. The summed E-state index contributed by atoms with van der Waals surface area (Å²) < 4.78 is 18.2. The van der Waals surface area contributed by atoms with Gasteiger partial charge in [-0.3, -0.25) is 0 Å². The van der Waals surface area contributed by atoms with Crippen molar-refractivity contribution in [2.75, 3.05) is 0 Å². The van der Waals surface area contributed by atoms with Crippen molar-refractivity contribution >= 4 is 183 Å². The third kappa shape index (κ3) is 12.0. The molecule has 6 heteroatoms. The molecule has 0 aliphatic heterocycles. The first-order chi connectivity index (χ1) is 67.4. The first-order valence-electron chi connectivity index (χ1n) is 47.1. The van der Waals surface area contributed by atoms with E-state index < -0.39 is 0 Å². The fraction of sp³-hybridized carbons (Fsp3) is 0.0308. The van der Waals surface area contributed by atoms with Gasteiger partial charge in [-0.25, -0.2) is 9.97 Å². The highest BCUT2D eigenvalue weighted by atomic mass is 32.1. The second-order valence-electron chi connectivity index (χ2n) is 37.0. The zero-order chi connectivity index (χ0) is 88.9. The first-order valence-corrected chi connectivity index (χ1v) is 47.9. The van der Waals surface area contributed by atoms with Gasteiger partial charge in [-0.15, -0.1) is 11.3 Å². The predicted molar refractivity (Wildman–Crippen MR) is 572 cm³/mol. The SMILES string of the molecule is c1ccc(-c2cc(-c3ccccc3)nc(-c3ccc(-n4c5cc6ccccc6cc5c5ccc6c(c54)Cc4cc5ccccc5cc4-6)cc3)n2)cc1.c1ccc2c3c(ccc2c1)-c1ccc2c(oc4c5ccccc5ccc24)c1C3.c1ccc2c3c(ccc2c1)Cc1c-3ccc2oc3ccc4ccccc4c3c12.c1ccc2cc3c(cc2c1)Cc1c-3ccc2c1sc1c3ccccc3ccc21. The Morgan fingerprint density at radius 1 is 0.228 bits per heavy atom. The summed E-state index contributed by atoms with van der Waals surface area (Å²) in [4.78, 5) is 10.2. The molecule has 0 atom stereocenters. The standard InChI is InChI=1S/C49H31N3.2C27H16O.C27H16S/c1-3-11-31(12-4-1)45-30-46(32-13-5-2-6-14-32)51-49(50-45)33-19-21-39(22-20-33)52-47-29-37-18-10-9-17-36(37)27-43(47)41-24-23-40-42-26-35-16-8-7-15-34(35)25-38(42)28-44(40)48(41)52;1-3-7-18-16(5-1)9-11-20-21-13-14-23-22-12-10-17-6-2-4-8-19(17)26(22)28-27(23)25(21)15-24(18)20;1-3-7-19-16(5-1)9-10-18-15-22-21(25(18)19)12-14-24-27(22)26-20-8-4-2-6-17(20)11-13-23(26)28-24;1-2-7-18-14-24-19(13-17(18)6-1)15-25-21(24)11-12-23-22-10-9-16-5-3-4-8-20(16)26(22)28-27(23)25/h1-27,29-30H,28H2;3*1-14H,15H2. The summed E-state index contributed by atoms with van der Waals surface area (Å²) in [6.45, 7) is 0. The quantitative estimate of drug-likeness (QED) is 0.176. The van der Waals surface area contributed by atoms with Gasteiger partial charge in [-0.2, -0.15) is 0 Å². The topological polar surface area (TPSA) is 57.0 Å². The van der Waals surface area contributed by atoms with Crippen LogP contribution in [-0.4, -0.2) is 14.5 Å². The number of fused-ring (bicyclic) bond motifs is 41. The number of thiophene rings is 1. The third-order valence-corrected chi connectivity index (χ3v) is 31.0. The molecule has 0 saturated carbocycles. The molecule has 23 aromatic carbocycles. The molecule has 0 bridgehead atoms. The van der Waals surface area contributed by atoms with Crippen LogP contribution in [0, 0.1) is 0 Å². The van der Waals surface area contributed by atoms with Crippen molar-refractivity contribution in [3.05, 3.63) is 475 Å². The van der Waals surface area contributed by atoms with Crippen molar-refractivity contribution in [1.29, 1.82) is 0 Å². The van der Waals surface area contributed by atoms with E-state index in [4.69, 9.17) is 18.8 Å². The van der Waals surface area contributed by atoms with Crippen LogP contribution in [-0.2, 0) is 25.7 Å². The third-order valence-electron chi connectivity index (χ3n) is 29.6. The minimum Gasteiger partial charge on any atom is -0.456 e. The maximum absolute atomic E-state index is 6.55. The predicted octanol–water partition coefficient (Wildman–Crippen LogP) is 35.3. The van der Waals surface area contributed by atoms with Crippen molar-refractivity contribution in [2.45, 2.75) is 25.7 Å². The van der Waals surface area contributed by atoms with Crippen molar-refractivity contribution in [1.82, 2.24) is 14.5 Å². The molecule has 5 nitrogen and oxygen atoms in total. The summed E-state index contributed by atoms with van der Waals surface area (Å²) in [5.74, 6) is 0.711. The van der Waals surface area contributed by atoms with Gasteiger partial charge in [0, 0.05) is 105 Å². The van der Waals surface area contributed by atoms with E-state index in [1.54, 1.807) is 0 Å². The summed E-state index contributed by atoms with van der Waals surface area (Å²) in [5.41, 5.74) is 34.8. The molecule has 0 fully saturated rings. The largest absolute Gasteiger partial charge is 0.456 e. The lowest BCUT2D eigenvalue weighted by molar-refractivity contribution is 0.668. The van der Waals surface area contributed by atoms with Crippen LogP contribution in [0.4, 0.5) is 0 Å². The van der Waals surface area contributed by atoms with Crippen LogP contribution in [0.1, 0.15) is 44.5 Å². The Morgan fingerprint density at radius 3 is 1.35 bits per heavy atom. The molecule has 0 N–H and O–H groups in total. The van der Waals surface area contributed by atoms with Crippen LogP contribution in [0.5, 0.6) is 0 Å². The zero-order valence-corrected chi connectivity index (χ0v) is 74.7. The van der Waals surface area contributed by atoms with E-state index in [0.717, 1.165) is 81.8 Å². The van der Waals surface area contributed by atoms with Crippen LogP contribution < -0.4 is 0 Å². The summed E-state index contributed by atoms with van der Waals surface area (Å²) in [6, 6.07) is 156. The van der Waals surface area contributed by atoms with Crippen LogP contribution in [0.2, 0.25) is 0 Å². The van der Waals surface area contributed by atoms with Crippen LogP contribution in [0.15, 0.2) is 440 Å². The van der Waals surface area contributed by atoms with Crippen LogP contribution in [0.3, 0.4) is 0 Å². The van der Waals surface area contributed by atoms with Crippen molar-refractivity contribution in [3.8, 4) is 84.1 Å². The van der Waals surface area contributed by atoms with Gasteiger partial charge in [-0.1, -0.05) is 352 Å². The Labute approximate surface area is 786 Å². The number of hydrogen-bond donors (Lipinski definition) is 0. The highest BCUT2D eigenvalue weighted by Crippen LogP contribution is 2.54. The van der Waals surface area contributed by atoms with Crippen molar-refractivity contribution in [2.24, 2.45) is 0 Å². The Hall–Kier alpha value is -17.2. The molecular formula is C130H79N3O2S. The van der Waals surface area contributed by atoms with E-state index >= 15 is 0 Å². The lowest BCUT2D eigenvalue weighted by Gasteiger charge is -2.13. The van der Waals surface area contributed by atoms with E-state index in [-0.39, 0.29) is 0 Å². The van der Waals surface area contributed by atoms with Crippen molar-refractivity contribution in [3.63, 3.8) is 0 Å². The number of benzene rings is 23. The number of rotatable bonds is 4. The van der Waals surface area contributed by atoms with E-state index in [0.29, 0.717) is 5.82 Å². The van der Waals surface area contributed by atoms with Crippen LogP contribution in [0.25, 0.3) is 256 Å². The van der Waals surface area contributed by atoms with Gasteiger partial charge in [0.2, 0.25) is 0 Å². The summed E-state index contributed by atoms with van der Waals surface area (Å²) in [5, 5.41) is 31.0. The highest BCUT2D eigenvalue weighted by molar-refractivity contribution is 7.27. The second kappa shape index (κ2) is 30.2. The average molecular weight is 1750 g/mol. The molecule has 0 spiro atoms. The fourth-order valence-corrected chi connectivity index (χ4v) is 24.7. The summed E-state index contributed by atoms with van der Waals surface area (Å²) in [7, 11) is 0. The normalized spacial score (nSPS) is 12.6. The second-order valence-corrected chi connectivity index (χ2v) is 38.0. The fourth-order valence-electron chi connectivity index (χ4n) is 23.3. The maximum Gasteiger partial charge on any atom is 0.160 e. The molecule has 5 heterocycles. The molecule has 4 aliphatic rings. The van der Waals surface area contributed by atoms with Gasteiger partial charge < -0.3 is 13.4 Å². The molecule has 0 amide bonds. The lowest BCUT2D eigenvalue weighted by Crippen LogP contribution is -1.98. The maximum atomic E-state index is 6.55. The highest BCUT2D eigenvalue weighted by Gasteiger charge is 2.32. The number of hydrogen-bond acceptors (Lipinski definition) is 5. The van der Waals surface area contributed by atoms with Crippen molar-refractivity contribution < 1.29 is 8.83 Å². The van der Waals surface area contributed by atoms with Gasteiger partial charge in [0.25, 0.3) is 0 Å². The Bertz CT molecular complexity index is 9940. The molecule has 632 valence electrons. The van der Waals surface area contributed by atoms with Gasteiger partial charge >= 0.3 is 0 Å². The minimum absolute atomic E-state index is 0.711. The first kappa shape index (κ1) is 76.5. The number of aromatic nitrogens is 3. The number of nitrogens with zero attached hydrogens (tertiary/aromatic N) is 3. The lowest BCUT2D eigenvalue weighted by atomic mass is 9.96. The molecule has 0 radical (unpaired) electrons. The zero-order valence-electron chi connectivity index (χ0n) is 73.9. The minimum atomic E-state index is 0.711. The summed E-state index contributed by atoms with van der Waals surface area (Å²) in [6.07, 6.45) is 3.84.